The van der Waals surface area contributed by atoms with E-state index in [2.05, 4.69) is 0 Å². The van der Waals surface area contributed by atoms with Crippen molar-refractivity contribution in [2.24, 2.45) is 0 Å². The molecule has 0 atom stereocenters. The number of halogens is 8. The molecule has 0 N–H and O–H groups in total. The monoisotopic (exact) mass is 282 g/mol. The van der Waals surface area contributed by atoms with Crippen molar-refractivity contribution in [3.8, 4) is 0 Å². The van der Waals surface area contributed by atoms with Crippen molar-refractivity contribution >= 4 is 23.2 Å². The summed E-state index contributed by atoms with van der Waals surface area (Å²) < 4.78 is 76.1. The SMILES string of the molecule is Fc1c(F)c(C(Cl)Cl)c(F)c(F)c1C(F)F. The van der Waals surface area contributed by atoms with Gasteiger partial charge < -0.3 is 0 Å². The Morgan fingerprint density at radius 2 is 1.00 bits per heavy atom. The number of alkyl halides is 4. The number of benzene rings is 1. The lowest BCUT2D eigenvalue weighted by Crippen LogP contribution is -2.09. The van der Waals surface area contributed by atoms with Crippen molar-refractivity contribution in [2.75, 3.05) is 0 Å². The number of hydrogen-bond donors (Lipinski definition) is 0. The van der Waals surface area contributed by atoms with Crippen LogP contribution >= 0.6 is 23.2 Å². The van der Waals surface area contributed by atoms with Crippen LogP contribution in [0.3, 0.4) is 0 Å². The largest absolute Gasteiger partial charge is 0.269 e. The smallest absolute Gasteiger partial charge is 0.205 e. The van der Waals surface area contributed by atoms with Gasteiger partial charge in [0.2, 0.25) is 0 Å². The first kappa shape index (κ1) is 13.4. The Hall–Kier alpha value is -0.620. The fourth-order valence-electron chi connectivity index (χ4n) is 1.05. The standard InChI is InChI=1S/C8H2Cl2F6/c9-7(10)1-3(11)5(13)2(8(15)16)6(14)4(1)12/h7-8H. The van der Waals surface area contributed by atoms with Crippen molar-refractivity contribution in [3.05, 3.63) is 34.4 Å². The molecule has 0 spiro atoms. The maximum absolute atomic E-state index is 13.0. The normalized spacial score (nSPS) is 11.6. The van der Waals surface area contributed by atoms with Gasteiger partial charge in [-0.2, -0.15) is 0 Å². The zero-order chi connectivity index (χ0) is 12.6. The maximum Gasteiger partial charge on any atom is 0.269 e. The highest BCUT2D eigenvalue weighted by atomic mass is 35.5. The molecule has 8 heteroatoms. The van der Waals surface area contributed by atoms with Crippen LogP contribution in [0.1, 0.15) is 22.4 Å². The van der Waals surface area contributed by atoms with Gasteiger partial charge in [-0.05, 0) is 0 Å². The summed E-state index contributed by atoms with van der Waals surface area (Å²) in [7, 11) is 0. The van der Waals surface area contributed by atoms with Crippen molar-refractivity contribution in [1.29, 1.82) is 0 Å². The second-order valence-corrected chi connectivity index (χ2v) is 3.78. The summed E-state index contributed by atoms with van der Waals surface area (Å²) in [4.78, 5) is -1.91. The molecule has 1 aromatic rings. The van der Waals surface area contributed by atoms with E-state index < -0.39 is 45.7 Å². The lowest BCUT2D eigenvalue weighted by atomic mass is 10.1. The van der Waals surface area contributed by atoms with Crippen LogP contribution in [0.2, 0.25) is 0 Å². The summed E-state index contributed by atoms with van der Waals surface area (Å²) in [5.74, 6) is -8.45. The fourth-order valence-corrected chi connectivity index (χ4v) is 1.43. The van der Waals surface area contributed by atoms with E-state index in [0.717, 1.165) is 0 Å². The molecule has 90 valence electrons. The predicted octanol–water partition coefficient (Wildman–Crippen LogP) is 4.66. The highest BCUT2D eigenvalue weighted by molar-refractivity contribution is 6.44. The molecule has 0 saturated heterocycles. The van der Waals surface area contributed by atoms with Gasteiger partial charge in [-0.1, -0.05) is 23.2 Å². The number of rotatable bonds is 2. The Morgan fingerprint density at radius 3 is 1.25 bits per heavy atom. The first-order valence-corrected chi connectivity index (χ1v) is 4.58. The Balaban J connectivity index is 3.63. The van der Waals surface area contributed by atoms with Crippen LogP contribution in [0.4, 0.5) is 26.3 Å². The zero-order valence-electron chi connectivity index (χ0n) is 7.18. The molecule has 0 unspecified atom stereocenters. The van der Waals surface area contributed by atoms with Gasteiger partial charge in [-0.15, -0.1) is 0 Å². The maximum atomic E-state index is 13.0. The van der Waals surface area contributed by atoms with E-state index in [4.69, 9.17) is 23.2 Å². The van der Waals surface area contributed by atoms with Gasteiger partial charge in [0.15, 0.2) is 23.3 Å². The van der Waals surface area contributed by atoms with E-state index in [0.29, 0.717) is 0 Å². The summed E-state index contributed by atoms with van der Waals surface area (Å²) in [5.41, 5.74) is -3.31. The highest BCUT2D eigenvalue weighted by Crippen LogP contribution is 2.36. The highest BCUT2D eigenvalue weighted by Gasteiger charge is 2.32. The molecule has 0 heterocycles. The molecular formula is C8H2Cl2F6. The van der Waals surface area contributed by atoms with Gasteiger partial charge in [0, 0.05) is 0 Å². The first-order valence-electron chi connectivity index (χ1n) is 3.71. The second kappa shape index (κ2) is 4.71. The number of hydrogen-bond acceptors (Lipinski definition) is 0. The molecule has 0 bridgehead atoms. The van der Waals surface area contributed by atoms with Crippen LogP contribution in [0.25, 0.3) is 0 Å². The van der Waals surface area contributed by atoms with Crippen molar-refractivity contribution in [2.45, 2.75) is 11.3 Å². The Labute approximate surface area is 95.8 Å². The van der Waals surface area contributed by atoms with E-state index in [1.54, 1.807) is 0 Å². The molecule has 0 amide bonds. The van der Waals surface area contributed by atoms with Gasteiger partial charge in [-0.3, -0.25) is 0 Å². The third-order valence-electron chi connectivity index (χ3n) is 1.77. The van der Waals surface area contributed by atoms with Crippen molar-refractivity contribution < 1.29 is 26.3 Å². The molecule has 0 aliphatic carbocycles. The Morgan fingerprint density at radius 1 is 0.688 bits per heavy atom. The average Bonchev–Trinajstić information content (AvgIpc) is 2.14. The van der Waals surface area contributed by atoms with E-state index in [1.807, 2.05) is 0 Å². The van der Waals surface area contributed by atoms with Gasteiger partial charge in [0.1, 0.15) is 4.84 Å². The third kappa shape index (κ3) is 2.08. The van der Waals surface area contributed by atoms with Gasteiger partial charge in [0.25, 0.3) is 6.43 Å². The minimum Gasteiger partial charge on any atom is -0.205 e. The quantitative estimate of drug-likeness (QED) is 0.421. The van der Waals surface area contributed by atoms with Crippen LogP contribution in [0.15, 0.2) is 0 Å². The molecule has 0 radical (unpaired) electrons. The summed E-state index contributed by atoms with van der Waals surface area (Å²) in [6.07, 6.45) is -3.69. The Bertz CT molecular complexity index is 349. The summed E-state index contributed by atoms with van der Waals surface area (Å²) in [6.45, 7) is 0. The summed E-state index contributed by atoms with van der Waals surface area (Å²) in [5, 5.41) is 0. The van der Waals surface area contributed by atoms with Crippen LogP contribution in [-0.4, -0.2) is 0 Å². The molecule has 1 rings (SSSR count). The average molecular weight is 283 g/mol. The van der Waals surface area contributed by atoms with E-state index in [9.17, 15) is 26.3 Å². The molecule has 0 aliphatic heterocycles. The zero-order valence-corrected chi connectivity index (χ0v) is 8.69. The fraction of sp³-hybridized carbons (Fsp3) is 0.250. The summed E-state index contributed by atoms with van der Waals surface area (Å²) >= 11 is 10.1. The molecule has 0 fully saturated rings. The second-order valence-electron chi connectivity index (χ2n) is 2.68. The minimum atomic E-state index is -3.69. The minimum absolute atomic E-state index is 1.33. The van der Waals surface area contributed by atoms with Crippen LogP contribution < -0.4 is 0 Å². The topological polar surface area (TPSA) is 0 Å². The molecule has 0 saturated carbocycles. The molecule has 16 heavy (non-hydrogen) atoms. The third-order valence-corrected chi connectivity index (χ3v) is 2.20. The van der Waals surface area contributed by atoms with Crippen LogP contribution in [0, 0.1) is 23.3 Å². The molecule has 0 nitrogen and oxygen atoms in total. The van der Waals surface area contributed by atoms with Crippen LogP contribution in [0.5, 0.6) is 0 Å². The molecule has 0 aromatic heterocycles. The lowest BCUT2D eigenvalue weighted by molar-refractivity contribution is 0.137. The van der Waals surface area contributed by atoms with E-state index in [1.165, 1.54) is 0 Å². The molecule has 1 aromatic carbocycles. The van der Waals surface area contributed by atoms with Crippen molar-refractivity contribution in [1.82, 2.24) is 0 Å². The van der Waals surface area contributed by atoms with Crippen molar-refractivity contribution in [3.63, 3.8) is 0 Å². The Kier molecular flexibility index (Phi) is 3.96. The first-order chi connectivity index (χ1) is 7.29. The van der Waals surface area contributed by atoms with Crippen LogP contribution in [-0.2, 0) is 0 Å². The van der Waals surface area contributed by atoms with Gasteiger partial charge in [0.05, 0.1) is 11.1 Å². The van der Waals surface area contributed by atoms with E-state index >= 15 is 0 Å². The predicted molar refractivity (Wildman–Crippen MR) is 45.7 cm³/mol. The van der Waals surface area contributed by atoms with Gasteiger partial charge in [-0.25, -0.2) is 26.3 Å². The van der Waals surface area contributed by atoms with E-state index in [-0.39, 0.29) is 0 Å². The van der Waals surface area contributed by atoms with Gasteiger partial charge >= 0.3 is 0 Å². The summed E-state index contributed by atoms with van der Waals surface area (Å²) in [6, 6.07) is 0. The lowest BCUT2D eigenvalue weighted by Gasteiger charge is -2.11. The molecule has 0 aliphatic rings. The molecular weight excluding hydrogens is 281 g/mol.